The van der Waals surface area contributed by atoms with Crippen LogP contribution >= 0.6 is 0 Å². The van der Waals surface area contributed by atoms with Gasteiger partial charge >= 0.3 is 0 Å². The number of nitrogens with two attached hydrogens (primary N) is 1. The Morgan fingerprint density at radius 3 is 2.50 bits per heavy atom. The maximum atomic E-state index is 11.1. The molecular formula is C4H7FN. The molecule has 0 rings (SSSR count). The van der Waals surface area contributed by atoms with Gasteiger partial charge in [0.25, 0.3) is 0 Å². The Labute approximate surface area is 36.6 Å². The van der Waals surface area contributed by atoms with Crippen molar-refractivity contribution in [1.82, 2.24) is 0 Å². The molecule has 0 amide bonds. The number of hydrogen-bond acceptors (Lipinski definition) is 1. The van der Waals surface area contributed by atoms with Gasteiger partial charge in [-0.05, 0) is 12.5 Å². The van der Waals surface area contributed by atoms with Crippen molar-refractivity contribution in [3.63, 3.8) is 0 Å². The largest absolute Gasteiger partial charge is 0.327 e. The highest BCUT2D eigenvalue weighted by Crippen LogP contribution is 1.84. The van der Waals surface area contributed by atoms with E-state index in [4.69, 9.17) is 5.73 Å². The molecule has 0 aromatic carbocycles. The summed E-state index contributed by atoms with van der Waals surface area (Å²) in [4.78, 5) is 0. The van der Waals surface area contributed by atoms with E-state index >= 15 is 0 Å². The van der Waals surface area contributed by atoms with Gasteiger partial charge in [0.2, 0.25) is 0 Å². The summed E-state index contributed by atoms with van der Waals surface area (Å²) in [6.45, 7) is 3.44. The van der Waals surface area contributed by atoms with Gasteiger partial charge < -0.3 is 5.73 Å². The van der Waals surface area contributed by atoms with Gasteiger partial charge in [-0.1, -0.05) is 0 Å². The van der Waals surface area contributed by atoms with Crippen molar-refractivity contribution in [3.05, 3.63) is 18.8 Å². The molecule has 0 saturated carbocycles. The molecule has 0 aromatic heterocycles. The van der Waals surface area contributed by atoms with Crippen LogP contribution in [-0.2, 0) is 0 Å². The maximum Gasteiger partial charge on any atom is 0.0871 e. The molecule has 35 valence electrons. The summed E-state index contributed by atoms with van der Waals surface area (Å²) >= 11 is 0. The van der Waals surface area contributed by atoms with E-state index in [9.17, 15) is 4.39 Å². The topological polar surface area (TPSA) is 26.0 Å². The van der Waals surface area contributed by atoms with Gasteiger partial charge in [0.1, 0.15) is 0 Å². The first-order chi connectivity index (χ1) is 2.81. The standard InChI is InChI=1S/C4H7FN/c1-4(2-5)3-6/h2H,1,3,6H2/b4-2-. The van der Waals surface area contributed by atoms with Crippen molar-refractivity contribution < 1.29 is 4.39 Å². The summed E-state index contributed by atoms with van der Waals surface area (Å²) in [5, 5.41) is 0. The van der Waals surface area contributed by atoms with Gasteiger partial charge in [0.05, 0.1) is 6.33 Å². The number of halogens is 1. The fourth-order valence-corrected chi connectivity index (χ4v) is 0.0445. The lowest BCUT2D eigenvalue weighted by molar-refractivity contribution is 0.710. The zero-order chi connectivity index (χ0) is 4.99. The van der Waals surface area contributed by atoms with Crippen molar-refractivity contribution in [3.8, 4) is 0 Å². The van der Waals surface area contributed by atoms with Gasteiger partial charge in [0, 0.05) is 6.54 Å². The molecule has 0 bridgehead atoms. The maximum absolute atomic E-state index is 11.1. The van der Waals surface area contributed by atoms with Crippen LogP contribution in [-0.4, -0.2) is 6.54 Å². The highest BCUT2D eigenvalue weighted by molar-refractivity contribution is 5.01. The highest BCUT2D eigenvalue weighted by atomic mass is 19.1. The average molecular weight is 88.1 g/mol. The second-order valence-electron chi connectivity index (χ2n) is 0.971. The van der Waals surface area contributed by atoms with E-state index < -0.39 is 0 Å². The van der Waals surface area contributed by atoms with Crippen LogP contribution in [0.4, 0.5) is 4.39 Å². The molecule has 0 heterocycles. The van der Waals surface area contributed by atoms with Crippen LogP contribution in [0, 0.1) is 6.92 Å². The van der Waals surface area contributed by atoms with Gasteiger partial charge in [-0.15, -0.1) is 0 Å². The van der Waals surface area contributed by atoms with E-state index in [0.29, 0.717) is 11.9 Å². The molecule has 0 atom stereocenters. The van der Waals surface area contributed by atoms with Crippen LogP contribution in [0.25, 0.3) is 0 Å². The van der Waals surface area contributed by atoms with Crippen LogP contribution in [0.3, 0.4) is 0 Å². The molecule has 2 heteroatoms. The number of rotatable bonds is 1. The van der Waals surface area contributed by atoms with Crippen LogP contribution in [0.15, 0.2) is 11.9 Å². The summed E-state index contributed by atoms with van der Waals surface area (Å²) < 4.78 is 11.1. The lowest BCUT2D eigenvalue weighted by atomic mass is 10.4. The first-order valence-corrected chi connectivity index (χ1v) is 1.62. The summed E-state index contributed by atoms with van der Waals surface area (Å²) in [6.07, 6.45) is 0.403. The monoisotopic (exact) mass is 88.1 g/mol. The minimum Gasteiger partial charge on any atom is -0.327 e. The SMILES string of the molecule is [CH2]/C(=C/F)CN. The first kappa shape index (κ1) is 5.63. The minimum absolute atomic E-state index is 0.205. The molecule has 2 N–H and O–H groups in total. The zero-order valence-electron chi connectivity index (χ0n) is 3.45. The molecule has 0 aromatic rings. The molecule has 1 radical (unpaired) electrons. The lowest BCUT2D eigenvalue weighted by Crippen LogP contribution is -1.98. The predicted octanol–water partition coefficient (Wildman–Crippen LogP) is 0.633. The van der Waals surface area contributed by atoms with E-state index in [-0.39, 0.29) is 6.54 Å². The van der Waals surface area contributed by atoms with Gasteiger partial charge in [0.15, 0.2) is 0 Å². The lowest BCUT2D eigenvalue weighted by Gasteiger charge is -1.82. The summed E-state index contributed by atoms with van der Waals surface area (Å²) in [6, 6.07) is 0. The Balaban J connectivity index is 3.22. The van der Waals surface area contributed by atoms with Crippen molar-refractivity contribution in [2.24, 2.45) is 5.73 Å². The molecule has 6 heavy (non-hydrogen) atoms. The quantitative estimate of drug-likeness (QED) is 0.500. The second kappa shape index (κ2) is 2.85. The summed E-state index contributed by atoms with van der Waals surface area (Å²) in [5.74, 6) is 0. The van der Waals surface area contributed by atoms with Crippen molar-refractivity contribution in [1.29, 1.82) is 0 Å². The first-order valence-electron chi connectivity index (χ1n) is 1.62. The van der Waals surface area contributed by atoms with Gasteiger partial charge in [-0.25, -0.2) is 4.39 Å². The molecule has 0 fully saturated rings. The smallest absolute Gasteiger partial charge is 0.0871 e. The second-order valence-corrected chi connectivity index (χ2v) is 0.971. The zero-order valence-corrected chi connectivity index (χ0v) is 3.45. The van der Waals surface area contributed by atoms with Gasteiger partial charge in [-0.2, -0.15) is 0 Å². The van der Waals surface area contributed by atoms with E-state index in [1.165, 1.54) is 0 Å². The fraction of sp³-hybridized carbons (Fsp3) is 0.250. The number of hydrogen-bond donors (Lipinski definition) is 1. The molecular weight excluding hydrogens is 81.0 g/mol. The van der Waals surface area contributed by atoms with E-state index in [0.717, 1.165) is 0 Å². The third kappa shape index (κ3) is 1.91. The molecule has 0 saturated heterocycles. The summed E-state index contributed by atoms with van der Waals surface area (Å²) in [5.41, 5.74) is 5.24. The third-order valence-electron chi connectivity index (χ3n) is 0.416. The molecule has 0 aliphatic carbocycles. The van der Waals surface area contributed by atoms with Crippen LogP contribution < -0.4 is 5.73 Å². The van der Waals surface area contributed by atoms with E-state index in [1.807, 2.05) is 0 Å². The van der Waals surface area contributed by atoms with Crippen LogP contribution in [0.5, 0.6) is 0 Å². The Morgan fingerprint density at radius 1 is 2.00 bits per heavy atom. The fourth-order valence-electron chi connectivity index (χ4n) is 0.0445. The molecule has 0 aliphatic rings. The molecule has 1 nitrogen and oxygen atoms in total. The Morgan fingerprint density at radius 2 is 2.50 bits per heavy atom. The Hall–Kier alpha value is -0.370. The Kier molecular flexibility index (Phi) is 2.67. The average Bonchev–Trinajstić information content (AvgIpc) is 1.65. The molecule has 0 aliphatic heterocycles. The third-order valence-corrected chi connectivity index (χ3v) is 0.416. The van der Waals surface area contributed by atoms with Crippen molar-refractivity contribution in [2.75, 3.05) is 6.54 Å². The van der Waals surface area contributed by atoms with Gasteiger partial charge in [-0.3, -0.25) is 0 Å². The van der Waals surface area contributed by atoms with Crippen LogP contribution in [0.1, 0.15) is 0 Å². The van der Waals surface area contributed by atoms with Crippen molar-refractivity contribution >= 4 is 0 Å². The highest BCUT2D eigenvalue weighted by Gasteiger charge is 1.76. The Bertz CT molecular complexity index is 58.6. The summed E-state index contributed by atoms with van der Waals surface area (Å²) in [7, 11) is 0. The minimum atomic E-state index is 0.205. The molecule has 0 spiro atoms. The van der Waals surface area contributed by atoms with E-state index in [2.05, 4.69) is 6.92 Å². The normalized spacial score (nSPS) is 12.2. The molecule has 0 unspecified atom stereocenters. The predicted molar refractivity (Wildman–Crippen MR) is 23.6 cm³/mol. The van der Waals surface area contributed by atoms with E-state index in [1.54, 1.807) is 0 Å². The van der Waals surface area contributed by atoms with Crippen molar-refractivity contribution in [2.45, 2.75) is 0 Å². The van der Waals surface area contributed by atoms with Crippen LogP contribution in [0.2, 0.25) is 0 Å².